The first-order valence-corrected chi connectivity index (χ1v) is 6.88. The zero-order chi connectivity index (χ0) is 16.5. The quantitative estimate of drug-likeness (QED) is 0.927. The molecule has 0 aromatic carbocycles. The predicted molar refractivity (Wildman–Crippen MR) is 72.0 cm³/mol. The molecule has 1 aromatic heterocycles. The summed E-state index contributed by atoms with van der Waals surface area (Å²) in [7, 11) is 0. The van der Waals surface area contributed by atoms with E-state index < -0.39 is 24.2 Å². The van der Waals surface area contributed by atoms with Crippen molar-refractivity contribution in [1.82, 2.24) is 5.01 Å². The van der Waals surface area contributed by atoms with Crippen molar-refractivity contribution < 1.29 is 27.5 Å². The molecule has 1 amide bonds. The van der Waals surface area contributed by atoms with E-state index >= 15 is 0 Å². The van der Waals surface area contributed by atoms with Gasteiger partial charge < -0.3 is 9.52 Å². The minimum atomic E-state index is -5.02. The van der Waals surface area contributed by atoms with Gasteiger partial charge in [-0.15, -0.1) is 0 Å². The Morgan fingerprint density at radius 2 is 2.23 bits per heavy atom. The van der Waals surface area contributed by atoms with Crippen molar-refractivity contribution in [2.75, 3.05) is 0 Å². The van der Waals surface area contributed by atoms with E-state index in [0.717, 1.165) is 0 Å². The number of hydrazone groups is 1. The first-order chi connectivity index (χ1) is 10.1. The Kier molecular flexibility index (Phi) is 4.32. The number of halogens is 3. The van der Waals surface area contributed by atoms with Gasteiger partial charge in [-0.25, -0.2) is 0 Å². The highest BCUT2D eigenvalue weighted by atomic mass is 19.4. The Morgan fingerprint density at radius 3 is 2.73 bits per heavy atom. The Hall–Kier alpha value is -1.83. The molecule has 122 valence electrons. The number of furan rings is 1. The average molecular weight is 318 g/mol. The fourth-order valence-corrected chi connectivity index (χ4v) is 2.15. The molecule has 1 aromatic rings. The van der Waals surface area contributed by atoms with Crippen LogP contribution < -0.4 is 0 Å². The molecule has 1 aliphatic heterocycles. The number of carbonyl (C=O) groups excluding carboxylic acids is 1. The summed E-state index contributed by atoms with van der Waals surface area (Å²) >= 11 is 0. The molecule has 0 saturated heterocycles. The number of rotatable bonds is 4. The zero-order valence-corrected chi connectivity index (χ0v) is 12.2. The van der Waals surface area contributed by atoms with E-state index in [1.165, 1.54) is 18.4 Å². The van der Waals surface area contributed by atoms with Crippen molar-refractivity contribution in [3.05, 3.63) is 24.2 Å². The van der Waals surface area contributed by atoms with Gasteiger partial charge in [0.1, 0.15) is 0 Å². The maximum absolute atomic E-state index is 13.2. The number of hydrogen-bond donors (Lipinski definition) is 1. The summed E-state index contributed by atoms with van der Waals surface area (Å²) in [5, 5.41) is 13.8. The van der Waals surface area contributed by atoms with E-state index in [-0.39, 0.29) is 28.8 Å². The first kappa shape index (κ1) is 16.5. The second-order valence-electron chi connectivity index (χ2n) is 5.68. The smallest absolute Gasteiger partial charge is 0.438 e. The fourth-order valence-electron chi connectivity index (χ4n) is 2.15. The highest BCUT2D eigenvalue weighted by molar-refractivity contribution is 5.96. The molecule has 1 aliphatic rings. The van der Waals surface area contributed by atoms with Gasteiger partial charge in [-0.1, -0.05) is 13.8 Å². The Balaban J connectivity index is 2.29. The minimum absolute atomic E-state index is 0.0848. The van der Waals surface area contributed by atoms with Crippen LogP contribution in [0.15, 0.2) is 27.9 Å². The van der Waals surface area contributed by atoms with Gasteiger partial charge in [0.25, 0.3) is 5.72 Å². The third-order valence-electron chi connectivity index (χ3n) is 3.43. The molecular formula is C14H17F3N2O3. The molecule has 0 spiro atoms. The van der Waals surface area contributed by atoms with Gasteiger partial charge in [0.15, 0.2) is 5.76 Å². The largest absolute Gasteiger partial charge is 0.459 e. The molecule has 22 heavy (non-hydrogen) atoms. The lowest BCUT2D eigenvalue weighted by Crippen LogP contribution is -2.56. The van der Waals surface area contributed by atoms with Crippen molar-refractivity contribution in [2.45, 2.75) is 45.0 Å². The van der Waals surface area contributed by atoms with E-state index in [2.05, 4.69) is 5.10 Å². The Labute approximate surface area is 125 Å². The zero-order valence-electron chi connectivity index (χ0n) is 12.2. The average Bonchev–Trinajstić information content (AvgIpc) is 3.03. The van der Waals surface area contributed by atoms with Gasteiger partial charge in [0.2, 0.25) is 0 Å². The van der Waals surface area contributed by atoms with Crippen LogP contribution in [-0.2, 0) is 0 Å². The van der Waals surface area contributed by atoms with Crippen LogP contribution in [0.2, 0.25) is 0 Å². The third-order valence-corrected chi connectivity index (χ3v) is 3.43. The number of alkyl halides is 3. The van der Waals surface area contributed by atoms with Crippen molar-refractivity contribution in [3.8, 4) is 0 Å². The number of carbonyl (C=O) groups is 1. The molecule has 5 nitrogen and oxygen atoms in total. The van der Waals surface area contributed by atoms with Crippen LogP contribution in [0, 0.1) is 5.92 Å². The highest BCUT2D eigenvalue weighted by Gasteiger charge is 2.63. The summed E-state index contributed by atoms with van der Waals surface area (Å²) in [5.41, 5.74) is -3.18. The van der Waals surface area contributed by atoms with E-state index in [4.69, 9.17) is 4.42 Å². The van der Waals surface area contributed by atoms with Crippen LogP contribution in [0.25, 0.3) is 0 Å². The molecule has 0 saturated carbocycles. The molecule has 0 bridgehead atoms. The normalized spacial score (nSPS) is 22.3. The van der Waals surface area contributed by atoms with Crippen LogP contribution in [0.5, 0.6) is 0 Å². The van der Waals surface area contributed by atoms with Crippen molar-refractivity contribution in [1.29, 1.82) is 0 Å². The maximum atomic E-state index is 13.2. The molecule has 2 heterocycles. The first-order valence-electron chi connectivity index (χ1n) is 6.88. The van der Waals surface area contributed by atoms with Gasteiger partial charge in [-0.3, -0.25) is 4.79 Å². The SMILES string of the molecule is CC(C)CCC1=NN(C(=O)c2ccco2)[C@](O)(C(F)(F)F)C1. The van der Waals surface area contributed by atoms with Gasteiger partial charge in [-0.2, -0.15) is 23.3 Å². The lowest BCUT2D eigenvalue weighted by molar-refractivity contribution is -0.297. The lowest BCUT2D eigenvalue weighted by Gasteiger charge is -2.32. The number of hydrogen-bond acceptors (Lipinski definition) is 4. The van der Waals surface area contributed by atoms with Crippen molar-refractivity contribution in [3.63, 3.8) is 0 Å². The van der Waals surface area contributed by atoms with E-state index in [1.54, 1.807) is 0 Å². The van der Waals surface area contributed by atoms with Crippen LogP contribution >= 0.6 is 0 Å². The van der Waals surface area contributed by atoms with Gasteiger partial charge in [0.05, 0.1) is 6.26 Å². The van der Waals surface area contributed by atoms with Gasteiger partial charge in [-0.05, 0) is 30.9 Å². The summed E-state index contributed by atoms with van der Waals surface area (Å²) in [5.74, 6) is -1.16. The topological polar surface area (TPSA) is 66.0 Å². The van der Waals surface area contributed by atoms with Crippen LogP contribution in [-0.4, -0.2) is 33.6 Å². The minimum Gasteiger partial charge on any atom is -0.459 e. The molecular weight excluding hydrogens is 301 g/mol. The van der Waals surface area contributed by atoms with Crippen LogP contribution in [0.1, 0.15) is 43.7 Å². The fraction of sp³-hybridized carbons (Fsp3) is 0.571. The molecule has 0 aliphatic carbocycles. The van der Waals surface area contributed by atoms with E-state index in [1.807, 2.05) is 13.8 Å². The third kappa shape index (κ3) is 3.01. The van der Waals surface area contributed by atoms with Crippen LogP contribution in [0.3, 0.4) is 0 Å². The molecule has 2 rings (SSSR count). The molecule has 0 unspecified atom stereocenters. The van der Waals surface area contributed by atoms with Gasteiger partial charge >= 0.3 is 12.1 Å². The van der Waals surface area contributed by atoms with E-state index in [0.29, 0.717) is 6.42 Å². The summed E-state index contributed by atoms with van der Waals surface area (Å²) < 4.78 is 44.5. The van der Waals surface area contributed by atoms with E-state index in [9.17, 15) is 23.1 Å². The van der Waals surface area contributed by atoms with Crippen LogP contribution in [0.4, 0.5) is 13.2 Å². The second-order valence-corrected chi connectivity index (χ2v) is 5.68. The summed E-state index contributed by atoms with van der Waals surface area (Å²) in [6, 6.07) is 2.60. The molecule has 0 radical (unpaired) electrons. The second kappa shape index (κ2) is 5.75. The number of amides is 1. The van der Waals surface area contributed by atoms with Gasteiger partial charge in [0, 0.05) is 12.1 Å². The summed E-state index contributed by atoms with van der Waals surface area (Å²) in [4.78, 5) is 12.1. The predicted octanol–water partition coefficient (Wildman–Crippen LogP) is 3.17. The molecule has 0 fully saturated rings. The van der Waals surface area contributed by atoms with Crippen molar-refractivity contribution >= 4 is 11.6 Å². The molecule has 1 N–H and O–H groups in total. The standard InChI is InChI=1S/C14H17F3N2O3/c1-9(2)5-6-10-8-13(21,14(15,16)17)19(18-10)12(20)11-4-3-7-22-11/h3-4,7,9,21H,5-6,8H2,1-2H3/t13-/m1/s1. The Morgan fingerprint density at radius 1 is 1.55 bits per heavy atom. The summed E-state index contributed by atoms with van der Waals surface area (Å²) in [6.07, 6.45) is -3.68. The lowest BCUT2D eigenvalue weighted by atomic mass is 9.99. The maximum Gasteiger partial charge on any atom is 0.438 e. The molecule has 8 heteroatoms. The summed E-state index contributed by atoms with van der Waals surface area (Å²) in [6.45, 7) is 3.86. The highest BCUT2D eigenvalue weighted by Crippen LogP contribution is 2.41. The molecule has 1 atom stereocenters. The monoisotopic (exact) mass is 318 g/mol. The van der Waals surface area contributed by atoms with Crippen molar-refractivity contribution in [2.24, 2.45) is 11.0 Å². The Bertz CT molecular complexity index is 566. The number of aliphatic hydroxyl groups is 1. The number of nitrogens with zero attached hydrogens (tertiary/aromatic N) is 2.